The van der Waals surface area contributed by atoms with E-state index in [1.807, 2.05) is 43.3 Å². The molecule has 3 aromatic carbocycles. The van der Waals surface area contributed by atoms with Crippen molar-refractivity contribution in [2.75, 3.05) is 5.75 Å². The molecule has 2 amide bonds. The number of fused-ring (bicyclic) bond motifs is 1. The molecule has 3 aromatic rings. The predicted octanol–water partition coefficient (Wildman–Crippen LogP) is 2.93. The smallest absolute Gasteiger partial charge is 0.279 e. The van der Waals surface area contributed by atoms with E-state index in [1.165, 1.54) is 12.1 Å². The van der Waals surface area contributed by atoms with Crippen LogP contribution < -0.4 is 15.6 Å². The highest BCUT2D eigenvalue weighted by Gasteiger charge is 2.18. The SMILES string of the molecule is Cc1ccc(S(=O)(=O)CCC(=O)NNC(=O)[C@@H](C)Oc2ccc3ccccc3c2)cc1. The Bertz CT molecular complexity index is 1190. The summed E-state index contributed by atoms with van der Waals surface area (Å²) in [5, 5.41) is 2.04. The zero-order valence-corrected chi connectivity index (χ0v) is 18.1. The lowest BCUT2D eigenvalue weighted by atomic mass is 10.1. The van der Waals surface area contributed by atoms with Gasteiger partial charge in [-0.1, -0.05) is 48.0 Å². The molecule has 2 N–H and O–H groups in total. The van der Waals surface area contributed by atoms with Gasteiger partial charge in [0.25, 0.3) is 5.91 Å². The second-order valence-corrected chi connectivity index (χ2v) is 9.30. The van der Waals surface area contributed by atoms with Crippen LogP contribution in [0.25, 0.3) is 10.8 Å². The van der Waals surface area contributed by atoms with Crippen LogP contribution in [0.5, 0.6) is 5.75 Å². The van der Waals surface area contributed by atoms with Crippen molar-refractivity contribution < 1.29 is 22.7 Å². The average molecular weight is 441 g/mol. The average Bonchev–Trinajstić information content (AvgIpc) is 2.76. The van der Waals surface area contributed by atoms with E-state index in [4.69, 9.17) is 4.74 Å². The number of benzene rings is 3. The van der Waals surface area contributed by atoms with Gasteiger partial charge in [-0.25, -0.2) is 8.42 Å². The van der Waals surface area contributed by atoms with Crippen molar-refractivity contribution >= 4 is 32.4 Å². The molecule has 3 rings (SSSR count). The van der Waals surface area contributed by atoms with Gasteiger partial charge in [0, 0.05) is 6.42 Å². The molecule has 1 atom stereocenters. The lowest BCUT2D eigenvalue weighted by molar-refractivity contribution is -0.132. The number of hydrazine groups is 1. The molecule has 0 radical (unpaired) electrons. The van der Waals surface area contributed by atoms with E-state index in [0.717, 1.165) is 16.3 Å². The fraction of sp³-hybridized carbons (Fsp3) is 0.217. The Kier molecular flexibility index (Phi) is 6.91. The Morgan fingerprint density at radius 3 is 2.32 bits per heavy atom. The zero-order valence-electron chi connectivity index (χ0n) is 17.3. The second kappa shape index (κ2) is 9.61. The van der Waals surface area contributed by atoms with Gasteiger partial charge in [-0.2, -0.15) is 0 Å². The number of nitrogens with one attached hydrogen (secondary N) is 2. The summed E-state index contributed by atoms with van der Waals surface area (Å²) in [5.74, 6) is -0.998. The third kappa shape index (κ3) is 6.05. The summed E-state index contributed by atoms with van der Waals surface area (Å²) in [6, 6.07) is 19.7. The number of aryl methyl sites for hydroxylation is 1. The molecule has 0 aliphatic carbocycles. The van der Waals surface area contributed by atoms with Crippen molar-refractivity contribution in [2.45, 2.75) is 31.3 Å². The molecular weight excluding hydrogens is 416 g/mol. The molecule has 0 fully saturated rings. The highest BCUT2D eigenvalue weighted by Crippen LogP contribution is 2.21. The van der Waals surface area contributed by atoms with Crippen molar-refractivity contribution in [1.29, 1.82) is 0 Å². The maximum atomic E-state index is 12.3. The molecule has 0 aliphatic rings. The van der Waals surface area contributed by atoms with Crippen LogP contribution in [-0.2, 0) is 19.4 Å². The first-order valence-electron chi connectivity index (χ1n) is 9.78. The first kappa shape index (κ1) is 22.3. The van der Waals surface area contributed by atoms with E-state index >= 15 is 0 Å². The van der Waals surface area contributed by atoms with E-state index < -0.39 is 27.8 Å². The van der Waals surface area contributed by atoms with Gasteiger partial charge in [-0.05, 0) is 48.9 Å². The van der Waals surface area contributed by atoms with Crippen molar-refractivity contribution in [3.05, 3.63) is 72.3 Å². The van der Waals surface area contributed by atoms with Gasteiger partial charge >= 0.3 is 0 Å². The third-order valence-corrected chi connectivity index (χ3v) is 6.44. The van der Waals surface area contributed by atoms with E-state index in [1.54, 1.807) is 25.1 Å². The number of hydrogen-bond acceptors (Lipinski definition) is 5. The minimum absolute atomic E-state index is 0.160. The third-order valence-electron chi connectivity index (χ3n) is 4.71. The lowest BCUT2D eigenvalue weighted by Crippen LogP contribution is -2.47. The Labute approximate surface area is 181 Å². The summed E-state index contributed by atoms with van der Waals surface area (Å²) in [4.78, 5) is 24.3. The van der Waals surface area contributed by atoms with Crippen molar-refractivity contribution in [1.82, 2.24) is 10.9 Å². The molecule has 0 heterocycles. The molecule has 0 unspecified atom stereocenters. The minimum Gasteiger partial charge on any atom is -0.481 e. The van der Waals surface area contributed by atoms with Crippen molar-refractivity contribution in [3.63, 3.8) is 0 Å². The van der Waals surface area contributed by atoms with E-state index in [2.05, 4.69) is 10.9 Å². The number of ether oxygens (including phenoxy) is 1. The van der Waals surface area contributed by atoms with Crippen LogP contribution in [0, 0.1) is 6.92 Å². The number of carbonyl (C=O) groups excluding carboxylic acids is 2. The van der Waals surface area contributed by atoms with Gasteiger partial charge in [0.15, 0.2) is 15.9 Å². The molecule has 0 aromatic heterocycles. The maximum Gasteiger partial charge on any atom is 0.279 e. The van der Waals surface area contributed by atoms with Crippen LogP contribution in [0.15, 0.2) is 71.6 Å². The predicted molar refractivity (Wildman–Crippen MR) is 118 cm³/mol. The fourth-order valence-corrected chi connectivity index (χ4v) is 4.12. The summed E-state index contributed by atoms with van der Waals surface area (Å²) >= 11 is 0. The Hall–Kier alpha value is -3.39. The monoisotopic (exact) mass is 440 g/mol. The van der Waals surface area contributed by atoms with Crippen LogP contribution in [0.1, 0.15) is 18.9 Å². The first-order chi connectivity index (χ1) is 14.7. The number of hydrogen-bond donors (Lipinski definition) is 2. The molecule has 31 heavy (non-hydrogen) atoms. The molecule has 0 spiro atoms. The molecule has 162 valence electrons. The molecular formula is C23H24N2O5S. The molecule has 0 saturated heterocycles. The van der Waals surface area contributed by atoms with Gasteiger partial charge in [0.05, 0.1) is 10.6 Å². The van der Waals surface area contributed by atoms with E-state index in [0.29, 0.717) is 5.75 Å². The molecule has 8 heteroatoms. The summed E-state index contributed by atoms with van der Waals surface area (Å²) in [6.07, 6.45) is -1.14. The Morgan fingerprint density at radius 2 is 1.61 bits per heavy atom. The normalized spacial score (nSPS) is 12.2. The van der Waals surface area contributed by atoms with Crippen LogP contribution in [0.4, 0.5) is 0 Å². The van der Waals surface area contributed by atoms with Crippen molar-refractivity contribution in [3.8, 4) is 5.75 Å². The standard InChI is InChI=1S/C23H24N2O5S/c1-16-7-11-21(12-8-16)31(28,29)14-13-22(26)24-25-23(27)17(2)30-20-10-9-18-5-3-4-6-19(18)15-20/h3-12,15,17H,13-14H2,1-2H3,(H,24,26)(H,25,27)/t17-/m1/s1. The maximum absolute atomic E-state index is 12.3. The van der Waals surface area contributed by atoms with Gasteiger partial charge in [0.1, 0.15) is 5.75 Å². The van der Waals surface area contributed by atoms with E-state index in [9.17, 15) is 18.0 Å². The zero-order chi connectivity index (χ0) is 22.4. The van der Waals surface area contributed by atoms with Crippen LogP contribution in [0.3, 0.4) is 0 Å². The number of amides is 2. The minimum atomic E-state index is -3.58. The summed E-state index contributed by atoms with van der Waals surface area (Å²) < 4.78 is 30.2. The van der Waals surface area contributed by atoms with Gasteiger partial charge in [-0.15, -0.1) is 0 Å². The topological polar surface area (TPSA) is 102 Å². The van der Waals surface area contributed by atoms with Crippen LogP contribution in [-0.4, -0.2) is 32.1 Å². The quantitative estimate of drug-likeness (QED) is 0.550. The summed E-state index contributed by atoms with van der Waals surface area (Å²) in [7, 11) is -3.58. The van der Waals surface area contributed by atoms with Crippen LogP contribution in [0.2, 0.25) is 0 Å². The van der Waals surface area contributed by atoms with Gasteiger partial charge in [0.2, 0.25) is 5.91 Å². The molecule has 0 bridgehead atoms. The number of rotatable bonds is 7. The summed E-state index contributed by atoms with van der Waals surface area (Å²) in [5.41, 5.74) is 5.44. The first-order valence-corrected chi connectivity index (χ1v) is 11.4. The van der Waals surface area contributed by atoms with Gasteiger partial charge < -0.3 is 4.74 Å². The Balaban J connectivity index is 1.47. The second-order valence-electron chi connectivity index (χ2n) is 7.19. The fourth-order valence-electron chi connectivity index (χ4n) is 2.88. The lowest BCUT2D eigenvalue weighted by Gasteiger charge is -2.15. The van der Waals surface area contributed by atoms with Crippen LogP contribution >= 0.6 is 0 Å². The van der Waals surface area contributed by atoms with Gasteiger partial charge in [-0.3, -0.25) is 20.4 Å². The largest absolute Gasteiger partial charge is 0.481 e. The summed E-state index contributed by atoms with van der Waals surface area (Å²) in [6.45, 7) is 3.41. The molecule has 7 nitrogen and oxygen atoms in total. The highest BCUT2D eigenvalue weighted by atomic mass is 32.2. The highest BCUT2D eigenvalue weighted by molar-refractivity contribution is 7.91. The molecule has 0 aliphatic heterocycles. The molecule has 0 saturated carbocycles. The van der Waals surface area contributed by atoms with E-state index in [-0.39, 0.29) is 17.1 Å². The van der Waals surface area contributed by atoms with Crippen molar-refractivity contribution in [2.24, 2.45) is 0 Å². The Morgan fingerprint density at radius 1 is 0.935 bits per heavy atom. The number of sulfone groups is 1. The number of carbonyl (C=O) groups is 2.